The number of carbonyl (C=O) groups excluding carboxylic acids is 1. The molecule has 1 fully saturated rings. The molecule has 3 atom stereocenters. The molecule has 126 valence electrons. The van der Waals surface area contributed by atoms with Crippen LogP contribution < -0.4 is 0 Å². The Bertz CT molecular complexity index is 539. The fourth-order valence-electron chi connectivity index (χ4n) is 3.64. The number of likely N-dealkylation sites (N-methyl/N-ethyl adjacent to an activating group) is 1. The second-order valence-electron chi connectivity index (χ2n) is 6.67. The van der Waals surface area contributed by atoms with Crippen LogP contribution in [0.1, 0.15) is 49.8 Å². The molecule has 1 saturated heterocycles. The summed E-state index contributed by atoms with van der Waals surface area (Å²) in [7, 11) is 1.89. The quantitative estimate of drug-likeness (QED) is 0.837. The van der Waals surface area contributed by atoms with Crippen LogP contribution in [0.25, 0.3) is 0 Å². The molecule has 0 saturated carbocycles. The van der Waals surface area contributed by atoms with E-state index in [1.165, 1.54) is 17.5 Å². The molecule has 1 aromatic rings. The van der Waals surface area contributed by atoms with E-state index in [1.54, 1.807) is 0 Å². The van der Waals surface area contributed by atoms with Gasteiger partial charge in [-0.1, -0.05) is 24.3 Å². The first-order valence-corrected chi connectivity index (χ1v) is 8.74. The molecule has 1 aliphatic carbocycles. The number of hydrogen-bond acceptors (Lipinski definition) is 3. The van der Waals surface area contributed by atoms with E-state index < -0.39 is 6.10 Å². The predicted molar refractivity (Wildman–Crippen MR) is 89.3 cm³/mol. The van der Waals surface area contributed by atoms with E-state index in [0.29, 0.717) is 6.61 Å². The van der Waals surface area contributed by atoms with E-state index in [2.05, 4.69) is 24.3 Å². The average Bonchev–Trinajstić information content (AvgIpc) is 3.03. The van der Waals surface area contributed by atoms with Crippen molar-refractivity contribution in [2.75, 3.05) is 20.3 Å². The molecule has 1 heterocycles. The largest absolute Gasteiger partial charge is 0.376 e. The number of ether oxygens (including phenoxy) is 2. The number of carbonyl (C=O) groups is 1. The SMILES string of the molecule is CC(OCC1CCCCO1)C(=O)N(C)C1CCc2ccccc21. The molecule has 4 heteroatoms. The third kappa shape index (κ3) is 3.75. The van der Waals surface area contributed by atoms with Crippen molar-refractivity contribution >= 4 is 5.91 Å². The van der Waals surface area contributed by atoms with E-state index in [4.69, 9.17) is 9.47 Å². The van der Waals surface area contributed by atoms with Gasteiger partial charge in [-0.2, -0.15) is 0 Å². The molecular formula is C19H27NO3. The van der Waals surface area contributed by atoms with Crippen molar-refractivity contribution in [2.45, 2.75) is 57.3 Å². The molecular weight excluding hydrogens is 290 g/mol. The predicted octanol–water partition coefficient (Wildman–Crippen LogP) is 3.11. The molecule has 2 aliphatic rings. The molecule has 0 spiro atoms. The van der Waals surface area contributed by atoms with Gasteiger partial charge in [0.1, 0.15) is 6.10 Å². The maximum atomic E-state index is 12.7. The first-order valence-electron chi connectivity index (χ1n) is 8.74. The maximum absolute atomic E-state index is 12.7. The van der Waals surface area contributed by atoms with Gasteiger partial charge in [0.05, 0.1) is 18.8 Å². The van der Waals surface area contributed by atoms with E-state index in [1.807, 2.05) is 18.9 Å². The number of aryl methyl sites for hydroxylation is 1. The van der Waals surface area contributed by atoms with Crippen LogP contribution in [0.2, 0.25) is 0 Å². The number of benzene rings is 1. The molecule has 23 heavy (non-hydrogen) atoms. The van der Waals surface area contributed by atoms with Gasteiger partial charge in [0.25, 0.3) is 5.91 Å². The maximum Gasteiger partial charge on any atom is 0.251 e. The zero-order valence-electron chi connectivity index (χ0n) is 14.2. The van der Waals surface area contributed by atoms with Gasteiger partial charge in [0, 0.05) is 13.7 Å². The van der Waals surface area contributed by atoms with E-state index in [9.17, 15) is 4.79 Å². The lowest BCUT2D eigenvalue weighted by atomic mass is 10.1. The van der Waals surface area contributed by atoms with Gasteiger partial charge in [-0.3, -0.25) is 4.79 Å². The Morgan fingerprint density at radius 1 is 1.35 bits per heavy atom. The Morgan fingerprint density at radius 2 is 2.17 bits per heavy atom. The summed E-state index contributed by atoms with van der Waals surface area (Å²) in [5.41, 5.74) is 2.65. The minimum atomic E-state index is -0.418. The Labute approximate surface area is 138 Å². The summed E-state index contributed by atoms with van der Waals surface area (Å²) in [6, 6.07) is 8.59. The van der Waals surface area contributed by atoms with Crippen LogP contribution >= 0.6 is 0 Å². The highest BCUT2D eigenvalue weighted by molar-refractivity contribution is 5.81. The average molecular weight is 317 g/mol. The van der Waals surface area contributed by atoms with E-state index in [0.717, 1.165) is 32.3 Å². The Kier molecular flexibility index (Phi) is 5.34. The van der Waals surface area contributed by atoms with E-state index in [-0.39, 0.29) is 18.1 Å². The molecule has 1 aliphatic heterocycles. The van der Waals surface area contributed by atoms with Gasteiger partial charge in [0.2, 0.25) is 0 Å². The molecule has 0 bridgehead atoms. The first-order chi connectivity index (χ1) is 11.2. The fourth-order valence-corrected chi connectivity index (χ4v) is 3.64. The van der Waals surface area contributed by atoms with Crippen LogP contribution in [0, 0.1) is 0 Å². The summed E-state index contributed by atoms with van der Waals surface area (Å²) in [6.07, 6.45) is 5.13. The highest BCUT2D eigenvalue weighted by Gasteiger charge is 2.31. The van der Waals surface area contributed by atoms with Crippen molar-refractivity contribution in [3.63, 3.8) is 0 Å². The summed E-state index contributed by atoms with van der Waals surface area (Å²) < 4.78 is 11.5. The lowest BCUT2D eigenvalue weighted by Gasteiger charge is -2.29. The van der Waals surface area contributed by atoms with Gasteiger partial charge < -0.3 is 14.4 Å². The van der Waals surface area contributed by atoms with Gasteiger partial charge >= 0.3 is 0 Å². The van der Waals surface area contributed by atoms with Gasteiger partial charge in [-0.05, 0) is 50.2 Å². The smallest absolute Gasteiger partial charge is 0.251 e. The Hall–Kier alpha value is -1.39. The molecule has 4 nitrogen and oxygen atoms in total. The summed E-state index contributed by atoms with van der Waals surface area (Å²) >= 11 is 0. The zero-order valence-corrected chi connectivity index (χ0v) is 14.2. The van der Waals surface area contributed by atoms with Crippen LogP contribution in [0.15, 0.2) is 24.3 Å². The Morgan fingerprint density at radius 3 is 2.96 bits per heavy atom. The molecule has 3 unspecified atom stereocenters. The lowest BCUT2D eigenvalue weighted by Crippen LogP contribution is -2.39. The number of hydrogen-bond donors (Lipinski definition) is 0. The molecule has 0 radical (unpaired) electrons. The summed E-state index contributed by atoms with van der Waals surface area (Å²) in [5, 5.41) is 0. The minimum absolute atomic E-state index is 0.0579. The molecule has 0 aromatic heterocycles. The first kappa shape index (κ1) is 16.5. The number of fused-ring (bicyclic) bond motifs is 1. The van der Waals surface area contributed by atoms with Gasteiger partial charge in [-0.25, -0.2) is 0 Å². The summed E-state index contributed by atoms with van der Waals surface area (Å²) in [5.74, 6) is 0.0579. The van der Waals surface area contributed by atoms with Crippen LogP contribution in [-0.4, -0.2) is 43.3 Å². The van der Waals surface area contributed by atoms with Crippen LogP contribution in [0.5, 0.6) is 0 Å². The number of amides is 1. The van der Waals surface area contributed by atoms with Crippen molar-refractivity contribution in [1.82, 2.24) is 4.90 Å². The summed E-state index contributed by atoms with van der Waals surface area (Å²) in [4.78, 5) is 14.5. The highest BCUT2D eigenvalue weighted by Crippen LogP contribution is 2.35. The Balaban J connectivity index is 1.54. The third-order valence-corrected chi connectivity index (χ3v) is 5.07. The van der Waals surface area contributed by atoms with Crippen LogP contribution in [-0.2, 0) is 20.7 Å². The lowest BCUT2D eigenvalue weighted by molar-refractivity contribution is -0.147. The highest BCUT2D eigenvalue weighted by atomic mass is 16.5. The second-order valence-corrected chi connectivity index (χ2v) is 6.67. The topological polar surface area (TPSA) is 38.8 Å². The normalized spacial score (nSPS) is 25.0. The number of rotatable bonds is 5. The monoisotopic (exact) mass is 317 g/mol. The zero-order chi connectivity index (χ0) is 16.2. The van der Waals surface area contributed by atoms with E-state index >= 15 is 0 Å². The standard InChI is InChI=1S/C19H27NO3/c1-14(23-13-16-8-5-6-12-22-16)19(21)20(2)18-11-10-15-7-3-4-9-17(15)18/h3-4,7,9,14,16,18H,5-6,8,10-13H2,1-2H3. The number of nitrogens with zero attached hydrogens (tertiary/aromatic N) is 1. The van der Waals surface area contributed by atoms with Crippen molar-refractivity contribution < 1.29 is 14.3 Å². The van der Waals surface area contributed by atoms with Crippen molar-refractivity contribution in [1.29, 1.82) is 0 Å². The molecule has 3 rings (SSSR count). The molecule has 1 aromatic carbocycles. The second kappa shape index (κ2) is 7.45. The summed E-state index contributed by atoms with van der Waals surface area (Å²) in [6.45, 7) is 3.18. The molecule has 1 amide bonds. The fraction of sp³-hybridized carbons (Fsp3) is 0.632. The van der Waals surface area contributed by atoms with Crippen molar-refractivity contribution in [3.8, 4) is 0 Å². The minimum Gasteiger partial charge on any atom is -0.376 e. The van der Waals surface area contributed by atoms with Crippen molar-refractivity contribution in [3.05, 3.63) is 35.4 Å². The van der Waals surface area contributed by atoms with Crippen LogP contribution in [0.3, 0.4) is 0 Å². The molecule has 0 N–H and O–H groups in total. The van der Waals surface area contributed by atoms with Gasteiger partial charge in [0.15, 0.2) is 0 Å². The van der Waals surface area contributed by atoms with Crippen molar-refractivity contribution in [2.24, 2.45) is 0 Å². The van der Waals surface area contributed by atoms with Crippen LogP contribution in [0.4, 0.5) is 0 Å². The third-order valence-electron chi connectivity index (χ3n) is 5.07. The van der Waals surface area contributed by atoms with Gasteiger partial charge in [-0.15, -0.1) is 0 Å².